The standard InChI is InChI=1S/C17H35N/c1-15(2,3)13-10-11-14(16(4,5)6)18(12-13)17(7,8)9/h13-14H,10-12H2,1-9H3. The second-order valence-corrected chi connectivity index (χ2v) is 9.35. The van der Waals surface area contributed by atoms with E-state index in [2.05, 4.69) is 67.2 Å². The Bertz CT molecular complexity index is 271. The van der Waals surface area contributed by atoms with Crippen LogP contribution in [0.3, 0.4) is 0 Å². The molecule has 2 unspecified atom stereocenters. The fourth-order valence-electron chi connectivity index (χ4n) is 3.32. The summed E-state index contributed by atoms with van der Waals surface area (Å²) in [6, 6.07) is 0.719. The Morgan fingerprint density at radius 3 is 1.56 bits per heavy atom. The first-order valence-electron chi connectivity index (χ1n) is 7.60. The molecule has 108 valence electrons. The molecule has 1 heteroatoms. The van der Waals surface area contributed by atoms with Gasteiger partial charge in [-0.3, -0.25) is 4.90 Å². The van der Waals surface area contributed by atoms with Crippen LogP contribution in [0.25, 0.3) is 0 Å². The highest BCUT2D eigenvalue weighted by Gasteiger charge is 2.42. The average molecular weight is 253 g/mol. The van der Waals surface area contributed by atoms with Crippen LogP contribution in [-0.4, -0.2) is 23.0 Å². The Morgan fingerprint density at radius 2 is 1.22 bits per heavy atom. The molecule has 0 aromatic rings. The van der Waals surface area contributed by atoms with E-state index in [-0.39, 0.29) is 5.54 Å². The maximum absolute atomic E-state index is 2.77. The first-order chi connectivity index (χ1) is 7.83. The molecule has 0 bridgehead atoms. The highest BCUT2D eigenvalue weighted by Crippen LogP contribution is 2.42. The predicted octanol–water partition coefficient (Wildman–Crippen LogP) is 4.96. The minimum Gasteiger partial charge on any atom is -0.295 e. The summed E-state index contributed by atoms with van der Waals surface area (Å²) < 4.78 is 0. The van der Waals surface area contributed by atoms with E-state index in [9.17, 15) is 0 Å². The van der Waals surface area contributed by atoms with Crippen molar-refractivity contribution in [2.24, 2.45) is 16.7 Å². The zero-order valence-corrected chi connectivity index (χ0v) is 14.2. The van der Waals surface area contributed by atoms with Gasteiger partial charge >= 0.3 is 0 Å². The van der Waals surface area contributed by atoms with Crippen molar-refractivity contribution in [3.05, 3.63) is 0 Å². The minimum absolute atomic E-state index is 0.280. The molecule has 18 heavy (non-hydrogen) atoms. The van der Waals surface area contributed by atoms with Crippen molar-refractivity contribution in [3.8, 4) is 0 Å². The van der Waals surface area contributed by atoms with Gasteiger partial charge in [0.25, 0.3) is 0 Å². The van der Waals surface area contributed by atoms with E-state index < -0.39 is 0 Å². The summed E-state index contributed by atoms with van der Waals surface area (Å²) in [4.78, 5) is 2.77. The Balaban J connectivity index is 2.94. The lowest BCUT2D eigenvalue weighted by molar-refractivity contribution is -0.0456. The van der Waals surface area contributed by atoms with E-state index >= 15 is 0 Å². The molecule has 0 aromatic heterocycles. The first-order valence-corrected chi connectivity index (χ1v) is 7.60. The fraction of sp³-hybridized carbons (Fsp3) is 1.00. The quantitative estimate of drug-likeness (QED) is 0.590. The minimum atomic E-state index is 0.280. The van der Waals surface area contributed by atoms with Crippen LogP contribution in [0.5, 0.6) is 0 Å². The number of hydrogen-bond acceptors (Lipinski definition) is 1. The normalized spacial score (nSPS) is 28.5. The molecule has 2 atom stereocenters. The lowest BCUT2D eigenvalue weighted by Crippen LogP contribution is -2.58. The van der Waals surface area contributed by atoms with Crippen LogP contribution in [0, 0.1) is 16.7 Å². The van der Waals surface area contributed by atoms with Crippen molar-refractivity contribution in [2.45, 2.75) is 86.7 Å². The first kappa shape index (κ1) is 16.0. The molecule has 1 rings (SSSR count). The summed E-state index contributed by atoms with van der Waals surface area (Å²) in [6.45, 7) is 22.8. The maximum atomic E-state index is 2.77. The Labute approximate surface area is 115 Å². The van der Waals surface area contributed by atoms with Crippen LogP contribution in [0.2, 0.25) is 0 Å². The van der Waals surface area contributed by atoms with Crippen molar-refractivity contribution in [2.75, 3.05) is 6.54 Å². The molecule has 0 amide bonds. The van der Waals surface area contributed by atoms with Gasteiger partial charge in [0, 0.05) is 18.1 Å². The molecule has 0 radical (unpaired) electrons. The van der Waals surface area contributed by atoms with Gasteiger partial charge in [0.05, 0.1) is 0 Å². The molecule has 1 aliphatic heterocycles. The summed E-state index contributed by atoms with van der Waals surface area (Å²) in [7, 11) is 0. The Hall–Kier alpha value is -0.0400. The third-order valence-corrected chi connectivity index (χ3v) is 4.67. The highest BCUT2D eigenvalue weighted by molar-refractivity contribution is 4.96. The Morgan fingerprint density at radius 1 is 0.722 bits per heavy atom. The van der Waals surface area contributed by atoms with Crippen LogP contribution in [0.15, 0.2) is 0 Å². The topological polar surface area (TPSA) is 3.24 Å². The third-order valence-electron chi connectivity index (χ3n) is 4.67. The molecule has 1 fully saturated rings. The van der Waals surface area contributed by atoms with Gasteiger partial charge in [-0.2, -0.15) is 0 Å². The smallest absolute Gasteiger partial charge is 0.0149 e. The van der Waals surface area contributed by atoms with Gasteiger partial charge in [-0.25, -0.2) is 0 Å². The van der Waals surface area contributed by atoms with Crippen molar-refractivity contribution < 1.29 is 0 Å². The fourth-order valence-corrected chi connectivity index (χ4v) is 3.32. The molecular weight excluding hydrogens is 218 g/mol. The number of piperidine rings is 1. The van der Waals surface area contributed by atoms with Crippen LogP contribution in [-0.2, 0) is 0 Å². The van der Waals surface area contributed by atoms with Crippen LogP contribution in [0.4, 0.5) is 0 Å². The molecule has 0 aromatic carbocycles. The van der Waals surface area contributed by atoms with Gasteiger partial charge < -0.3 is 0 Å². The largest absolute Gasteiger partial charge is 0.295 e. The summed E-state index contributed by atoms with van der Waals surface area (Å²) in [5, 5.41) is 0. The van der Waals surface area contributed by atoms with Gasteiger partial charge in [-0.15, -0.1) is 0 Å². The number of rotatable bonds is 0. The summed E-state index contributed by atoms with van der Waals surface area (Å²) in [6.07, 6.45) is 2.74. The van der Waals surface area contributed by atoms with Crippen molar-refractivity contribution >= 4 is 0 Å². The van der Waals surface area contributed by atoms with Crippen molar-refractivity contribution in [1.82, 2.24) is 4.90 Å². The van der Waals surface area contributed by atoms with Crippen LogP contribution < -0.4 is 0 Å². The molecule has 0 spiro atoms. The molecule has 1 heterocycles. The van der Waals surface area contributed by atoms with E-state index in [1.165, 1.54) is 19.4 Å². The maximum Gasteiger partial charge on any atom is 0.0149 e. The second kappa shape index (κ2) is 4.81. The molecular formula is C17H35N. The monoisotopic (exact) mass is 253 g/mol. The van der Waals surface area contributed by atoms with Gasteiger partial charge in [0.2, 0.25) is 0 Å². The lowest BCUT2D eigenvalue weighted by Gasteiger charge is -2.54. The van der Waals surface area contributed by atoms with E-state index in [1.54, 1.807) is 0 Å². The zero-order chi connectivity index (χ0) is 14.4. The van der Waals surface area contributed by atoms with E-state index in [1.807, 2.05) is 0 Å². The van der Waals surface area contributed by atoms with E-state index in [0.29, 0.717) is 10.8 Å². The summed E-state index contributed by atoms with van der Waals surface area (Å²) in [5.41, 5.74) is 1.10. The molecule has 1 saturated heterocycles. The van der Waals surface area contributed by atoms with E-state index in [4.69, 9.17) is 0 Å². The molecule has 0 saturated carbocycles. The van der Waals surface area contributed by atoms with Gasteiger partial charge in [0.1, 0.15) is 0 Å². The zero-order valence-electron chi connectivity index (χ0n) is 14.2. The molecule has 1 nitrogen and oxygen atoms in total. The summed E-state index contributed by atoms with van der Waals surface area (Å²) in [5.74, 6) is 0.829. The van der Waals surface area contributed by atoms with Gasteiger partial charge in [-0.05, 0) is 50.4 Å². The third kappa shape index (κ3) is 3.73. The second-order valence-electron chi connectivity index (χ2n) is 9.35. The average Bonchev–Trinajstić information content (AvgIpc) is 2.12. The van der Waals surface area contributed by atoms with Crippen molar-refractivity contribution in [1.29, 1.82) is 0 Å². The van der Waals surface area contributed by atoms with Gasteiger partial charge in [-0.1, -0.05) is 41.5 Å². The highest BCUT2D eigenvalue weighted by atomic mass is 15.2. The molecule has 0 aliphatic carbocycles. The Kier molecular flexibility index (Phi) is 4.28. The molecule has 0 N–H and O–H groups in total. The van der Waals surface area contributed by atoms with Crippen LogP contribution >= 0.6 is 0 Å². The number of likely N-dealkylation sites (tertiary alicyclic amines) is 1. The number of hydrogen-bond donors (Lipinski definition) is 0. The van der Waals surface area contributed by atoms with Crippen molar-refractivity contribution in [3.63, 3.8) is 0 Å². The molecule has 1 aliphatic rings. The summed E-state index contributed by atoms with van der Waals surface area (Å²) >= 11 is 0. The lowest BCUT2D eigenvalue weighted by atomic mass is 9.70. The number of nitrogens with zero attached hydrogens (tertiary/aromatic N) is 1. The SMILES string of the molecule is CC(C)(C)C1CCC(C(C)(C)C)N(C(C)(C)C)C1. The van der Waals surface area contributed by atoms with E-state index in [0.717, 1.165) is 12.0 Å². The van der Waals surface area contributed by atoms with Gasteiger partial charge in [0.15, 0.2) is 0 Å². The predicted molar refractivity (Wildman–Crippen MR) is 81.9 cm³/mol. The van der Waals surface area contributed by atoms with Crippen LogP contribution in [0.1, 0.15) is 75.2 Å².